The first-order chi connectivity index (χ1) is 7.24. The predicted octanol–water partition coefficient (Wildman–Crippen LogP) is 1.34. The molecule has 1 aliphatic rings. The van der Waals surface area contributed by atoms with Gasteiger partial charge in [-0.1, -0.05) is 6.92 Å². The summed E-state index contributed by atoms with van der Waals surface area (Å²) < 4.78 is 5.36. The number of ether oxygens (including phenoxy) is 1. The molecule has 2 unspecified atom stereocenters. The minimum atomic E-state index is 0.672. The van der Waals surface area contributed by atoms with Crippen molar-refractivity contribution in [2.24, 2.45) is 5.92 Å². The molecule has 0 bridgehead atoms. The largest absolute Gasteiger partial charge is 0.380 e. The van der Waals surface area contributed by atoms with E-state index in [-0.39, 0.29) is 0 Å². The average Bonchev–Trinajstić information content (AvgIpc) is 2.22. The molecular formula is C12H26N2O. The fraction of sp³-hybridized carbons (Fsp3) is 1.00. The molecule has 0 spiro atoms. The maximum atomic E-state index is 5.36. The maximum Gasteiger partial charge on any atom is 0.0593 e. The predicted molar refractivity (Wildman–Crippen MR) is 64.2 cm³/mol. The third-order valence-electron chi connectivity index (χ3n) is 3.26. The van der Waals surface area contributed by atoms with Crippen LogP contribution in [0.5, 0.6) is 0 Å². The fourth-order valence-corrected chi connectivity index (χ4v) is 2.15. The third-order valence-corrected chi connectivity index (χ3v) is 3.26. The molecule has 1 saturated heterocycles. The Morgan fingerprint density at radius 1 is 1.47 bits per heavy atom. The van der Waals surface area contributed by atoms with E-state index in [9.17, 15) is 0 Å². The van der Waals surface area contributed by atoms with Crippen LogP contribution in [0.3, 0.4) is 0 Å². The normalized spacial score (nSPS) is 27.2. The van der Waals surface area contributed by atoms with Crippen molar-refractivity contribution in [3.63, 3.8) is 0 Å². The zero-order valence-corrected chi connectivity index (χ0v) is 10.5. The molecule has 90 valence electrons. The molecule has 1 aliphatic heterocycles. The zero-order chi connectivity index (χ0) is 11.1. The minimum Gasteiger partial charge on any atom is -0.380 e. The van der Waals surface area contributed by atoms with E-state index in [0.29, 0.717) is 6.04 Å². The van der Waals surface area contributed by atoms with Crippen LogP contribution in [0.4, 0.5) is 0 Å². The van der Waals surface area contributed by atoms with Crippen LogP contribution in [0.2, 0.25) is 0 Å². The standard InChI is InChI=1S/C12H26N2O/c1-4-15-9-8-14(3)10-12-11(2)6-5-7-13-12/h11-13H,4-10H2,1-3H3. The van der Waals surface area contributed by atoms with Crippen LogP contribution >= 0.6 is 0 Å². The smallest absolute Gasteiger partial charge is 0.0593 e. The minimum absolute atomic E-state index is 0.672. The first-order valence-corrected chi connectivity index (χ1v) is 6.23. The summed E-state index contributed by atoms with van der Waals surface area (Å²) >= 11 is 0. The quantitative estimate of drug-likeness (QED) is 0.675. The number of rotatable bonds is 6. The van der Waals surface area contributed by atoms with Crippen molar-refractivity contribution >= 4 is 0 Å². The fourth-order valence-electron chi connectivity index (χ4n) is 2.15. The number of piperidine rings is 1. The topological polar surface area (TPSA) is 24.5 Å². The monoisotopic (exact) mass is 214 g/mol. The Kier molecular flexibility index (Phi) is 6.22. The van der Waals surface area contributed by atoms with Crippen molar-refractivity contribution in [3.8, 4) is 0 Å². The van der Waals surface area contributed by atoms with Crippen LogP contribution in [-0.2, 0) is 4.74 Å². The lowest BCUT2D eigenvalue weighted by Crippen LogP contribution is -2.47. The average molecular weight is 214 g/mol. The summed E-state index contributed by atoms with van der Waals surface area (Å²) in [4.78, 5) is 2.37. The lowest BCUT2D eigenvalue weighted by molar-refractivity contribution is 0.113. The Labute approximate surface area is 94.2 Å². The van der Waals surface area contributed by atoms with Crippen LogP contribution in [-0.4, -0.2) is 50.8 Å². The molecule has 1 fully saturated rings. The van der Waals surface area contributed by atoms with Crippen molar-refractivity contribution < 1.29 is 4.74 Å². The van der Waals surface area contributed by atoms with Crippen LogP contribution in [0, 0.1) is 5.92 Å². The van der Waals surface area contributed by atoms with Gasteiger partial charge in [0.15, 0.2) is 0 Å². The molecule has 1 N–H and O–H groups in total. The van der Waals surface area contributed by atoms with E-state index in [1.807, 2.05) is 6.92 Å². The van der Waals surface area contributed by atoms with Crippen molar-refractivity contribution in [3.05, 3.63) is 0 Å². The highest BCUT2D eigenvalue weighted by Gasteiger charge is 2.21. The zero-order valence-electron chi connectivity index (χ0n) is 10.5. The number of likely N-dealkylation sites (N-methyl/N-ethyl adjacent to an activating group) is 1. The van der Waals surface area contributed by atoms with Gasteiger partial charge in [-0.15, -0.1) is 0 Å². The second kappa shape index (κ2) is 7.20. The third kappa shape index (κ3) is 4.96. The van der Waals surface area contributed by atoms with E-state index >= 15 is 0 Å². The number of hydrogen-bond acceptors (Lipinski definition) is 3. The second-order valence-electron chi connectivity index (χ2n) is 4.64. The summed E-state index contributed by atoms with van der Waals surface area (Å²) in [6.45, 7) is 9.46. The molecule has 3 nitrogen and oxygen atoms in total. The number of hydrogen-bond donors (Lipinski definition) is 1. The van der Waals surface area contributed by atoms with Gasteiger partial charge in [-0.3, -0.25) is 0 Å². The van der Waals surface area contributed by atoms with Gasteiger partial charge >= 0.3 is 0 Å². The van der Waals surface area contributed by atoms with E-state index < -0.39 is 0 Å². The summed E-state index contributed by atoms with van der Waals surface area (Å²) in [5, 5.41) is 3.61. The maximum absolute atomic E-state index is 5.36. The number of nitrogens with one attached hydrogen (secondary N) is 1. The van der Waals surface area contributed by atoms with Crippen LogP contribution in [0.1, 0.15) is 26.7 Å². The summed E-state index contributed by atoms with van der Waals surface area (Å²) in [7, 11) is 2.18. The lowest BCUT2D eigenvalue weighted by atomic mass is 9.92. The molecule has 3 heteroatoms. The summed E-state index contributed by atoms with van der Waals surface area (Å²) in [6, 6.07) is 0.672. The molecule has 0 aromatic rings. The summed E-state index contributed by atoms with van der Waals surface area (Å²) in [6.07, 6.45) is 2.71. The highest BCUT2D eigenvalue weighted by Crippen LogP contribution is 2.15. The molecular weight excluding hydrogens is 188 g/mol. The molecule has 0 aliphatic carbocycles. The van der Waals surface area contributed by atoms with Gasteiger partial charge < -0.3 is 15.0 Å². The molecule has 15 heavy (non-hydrogen) atoms. The van der Waals surface area contributed by atoms with Gasteiger partial charge in [0.2, 0.25) is 0 Å². The van der Waals surface area contributed by atoms with Gasteiger partial charge in [-0.25, -0.2) is 0 Å². The molecule has 0 aromatic heterocycles. The van der Waals surface area contributed by atoms with E-state index in [2.05, 4.69) is 24.2 Å². The van der Waals surface area contributed by atoms with Gasteiger partial charge in [-0.05, 0) is 39.3 Å². The van der Waals surface area contributed by atoms with E-state index in [1.165, 1.54) is 19.4 Å². The van der Waals surface area contributed by atoms with Gasteiger partial charge in [0, 0.05) is 25.7 Å². The van der Waals surface area contributed by atoms with Crippen molar-refractivity contribution in [2.75, 3.05) is 39.9 Å². The Hall–Kier alpha value is -0.120. The SMILES string of the molecule is CCOCCN(C)CC1NCCCC1C. The molecule has 0 saturated carbocycles. The molecule has 1 heterocycles. The Morgan fingerprint density at radius 3 is 2.93 bits per heavy atom. The summed E-state index contributed by atoms with van der Waals surface area (Å²) in [5.74, 6) is 0.813. The van der Waals surface area contributed by atoms with E-state index in [1.54, 1.807) is 0 Å². The molecule has 0 aromatic carbocycles. The molecule has 2 atom stereocenters. The Bertz CT molecular complexity index is 164. The van der Waals surface area contributed by atoms with E-state index in [0.717, 1.165) is 32.2 Å². The van der Waals surface area contributed by atoms with Crippen LogP contribution < -0.4 is 5.32 Å². The lowest BCUT2D eigenvalue weighted by Gasteiger charge is -2.33. The molecule has 1 rings (SSSR count). The molecule has 0 amide bonds. The van der Waals surface area contributed by atoms with E-state index in [4.69, 9.17) is 4.74 Å². The van der Waals surface area contributed by atoms with Crippen molar-refractivity contribution in [1.29, 1.82) is 0 Å². The number of nitrogens with zero attached hydrogens (tertiary/aromatic N) is 1. The Morgan fingerprint density at radius 2 is 2.27 bits per heavy atom. The van der Waals surface area contributed by atoms with Gasteiger partial charge in [0.05, 0.1) is 6.61 Å². The summed E-state index contributed by atoms with van der Waals surface area (Å²) in [5.41, 5.74) is 0. The van der Waals surface area contributed by atoms with Crippen LogP contribution in [0.25, 0.3) is 0 Å². The van der Waals surface area contributed by atoms with Crippen molar-refractivity contribution in [2.45, 2.75) is 32.7 Å². The highest BCUT2D eigenvalue weighted by atomic mass is 16.5. The van der Waals surface area contributed by atoms with Gasteiger partial charge in [0.1, 0.15) is 0 Å². The van der Waals surface area contributed by atoms with Crippen molar-refractivity contribution in [1.82, 2.24) is 10.2 Å². The second-order valence-corrected chi connectivity index (χ2v) is 4.64. The Balaban J connectivity index is 2.15. The highest BCUT2D eigenvalue weighted by molar-refractivity contribution is 4.80. The van der Waals surface area contributed by atoms with Crippen LogP contribution in [0.15, 0.2) is 0 Å². The first kappa shape index (κ1) is 12.9. The molecule has 0 radical (unpaired) electrons. The van der Waals surface area contributed by atoms with Gasteiger partial charge in [-0.2, -0.15) is 0 Å². The first-order valence-electron chi connectivity index (χ1n) is 6.23. The van der Waals surface area contributed by atoms with Gasteiger partial charge in [0.25, 0.3) is 0 Å².